The molecule has 0 N–H and O–H groups in total. The molecule has 0 saturated heterocycles. The number of carbonyl (C=O) groups excluding carboxylic acids is 1. The zero-order chi connectivity index (χ0) is 18.4. The van der Waals surface area contributed by atoms with Gasteiger partial charge in [0.25, 0.3) is 0 Å². The van der Waals surface area contributed by atoms with Crippen LogP contribution in [0.4, 0.5) is 0 Å². The van der Waals surface area contributed by atoms with Crippen molar-refractivity contribution in [3.8, 4) is 11.5 Å². The van der Waals surface area contributed by atoms with Crippen LogP contribution in [0.5, 0.6) is 11.5 Å². The molecular weight excluding hydrogens is 324 g/mol. The fraction of sp³-hybridized carbons (Fsp3) is 0.696. The summed E-state index contributed by atoms with van der Waals surface area (Å²) in [6, 6.07) is 7.35. The molecule has 1 aromatic carbocycles. The number of hydrogen-bond donors (Lipinski definition) is 0. The molecule has 0 aromatic heterocycles. The third-order valence-corrected chi connectivity index (χ3v) is 6.59. The minimum absolute atomic E-state index is 0.0534. The summed E-state index contributed by atoms with van der Waals surface area (Å²) in [6.45, 7) is 4.92. The number of rotatable bonds is 6. The molecule has 0 amide bonds. The van der Waals surface area contributed by atoms with Gasteiger partial charge >= 0.3 is 5.97 Å². The minimum atomic E-state index is -0.0534. The highest BCUT2D eigenvalue weighted by atomic mass is 16.5. The van der Waals surface area contributed by atoms with Crippen LogP contribution in [0.2, 0.25) is 0 Å². The second kappa shape index (κ2) is 9.43. The average Bonchev–Trinajstić information content (AvgIpc) is 2.70. The summed E-state index contributed by atoms with van der Waals surface area (Å²) >= 11 is 0. The number of ether oxygens (including phenoxy) is 2. The zero-order valence-electron chi connectivity index (χ0n) is 16.4. The highest BCUT2D eigenvalue weighted by Crippen LogP contribution is 2.42. The summed E-state index contributed by atoms with van der Waals surface area (Å²) in [5.74, 6) is 4.16. The molecule has 0 unspecified atom stereocenters. The molecule has 0 heterocycles. The lowest BCUT2D eigenvalue weighted by Gasteiger charge is -2.37. The molecule has 26 heavy (non-hydrogen) atoms. The fourth-order valence-electron chi connectivity index (χ4n) is 4.86. The molecule has 3 heteroatoms. The van der Waals surface area contributed by atoms with Crippen LogP contribution in [-0.2, 0) is 4.79 Å². The molecule has 144 valence electrons. The van der Waals surface area contributed by atoms with Gasteiger partial charge in [-0.1, -0.05) is 26.2 Å². The van der Waals surface area contributed by atoms with Gasteiger partial charge in [-0.25, -0.2) is 0 Å². The van der Waals surface area contributed by atoms with Crippen LogP contribution < -0.4 is 9.47 Å². The van der Waals surface area contributed by atoms with Crippen molar-refractivity contribution in [2.75, 3.05) is 6.61 Å². The molecule has 2 aliphatic rings. The Kier molecular flexibility index (Phi) is 6.99. The first-order valence-corrected chi connectivity index (χ1v) is 10.6. The van der Waals surface area contributed by atoms with Crippen molar-refractivity contribution in [2.24, 2.45) is 23.7 Å². The van der Waals surface area contributed by atoms with E-state index < -0.39 is 0 Å². The highest BCUT2D eigenvalue weighted by Gasteiger charge is 2.33. The van der Waals surface area contributed by atoms with E-state index in [1.807, 2.05) is 31.2 Å². The normalized spacial score (nSPS) is 29.2. The maximum Gasteiger partial charge on any atom is 0.314 e. The predicted octanol–water partition coefficient (Wildman–Crippen LogP) is 6.01. The van der Waals surface area contributed by atoms with Crippen molar-refractivity contribution in [3.63, 3.8) is 0 Å². The summed E-state index contributed by atoms with van der Waals surface area (Å²) in [5, 5.41) is 0. The quantitative estimate of drug-likeness (QED) is 0.461. The minimum Gasteiger partial charge on any atom is -0.494 e. The van der Waals surface area contributed by atoms with Gasteiger partial charge in [0.2, 0.25) is 0 Å². The van der Waals surface area contributed by atoms with Gasteiger partial charge in [-0.2, -0.15) is 0 Å². The van der Waals surface area contributed by atoms with Crippen LogP contribution in [0.3, 0.4) is 0 Å². The van der Waals surface area contributed by atoms with Crippen molar-refractivity contribution in [2.45, 2.75) is 71.6 Å². The van der Waals surface area contributed by atoms with E-state index in [9.17, 15) is 4.79 Å². The number of esters is 1. The van der Waals surface area contributed by atoms with E-state index in [0.717, 1.165) is 36.3 Å². The van der Waals surface area contributed by atoms with Gasteiger partial charge in [-0.15, -0.1) is 0 Å². The summed E-state index contributed by atoms with van der Waals surface area (Å²) < 4.78 is 11.0. The van der Waals surface area contributed by atoms with Gasteiger partial charge in [0, 0.05) is 0 Å². The first-order chi connectivity index (χ1) is 12.7. The number of hydrogen-bond acceptors (Lipinski definition) is 3. The Morgan fingerprint density at radius 3 is 1.92 bits per heavy atom. The Morgan fingerprint density at radius 1 is 0.846 bits per heavy atom. The van der Waals surface area contributed by atoms with Crippen molar-refractivity contribution in [3.05, 3.63) is 24.3 Å². The Labute approximate surface area is 158 Å². The standard InChI is InChI=1S/C23H34O3/c1-3-17-5-7-18(8-6-17)19-9-11-20(12-10-19)23(24)26-22-15-13-21(14-16-22)25-4-2/h13-20H,3-12H2,1-2H3. The molecule has 0 bridgehead atoms. The summed E-state index contributed by atoms with van der Waals surface area (Å²) in [5.41, 5.74) is 0. The van der Waals surface area contributed by atoms with Crippen molar-refractivity contribution < 1.29 is 14.3 Å². The van der Waals surface area contributed by atoms with E-state index in [1.54, 1.807) is 0 Å². The SMILES string of the molecule is CCOc1ccc(OC(=O)C2CCC(C3CCC(CC)CC3)CC2)cc1. The highest BCUT2D eigenvalue weighted by molar-refractivity contribution is 5.75. The summed E-state index contributed by atoms with van der Waals surface area (Å²) in [4.78, 5) is 12.5. The van der Waals surface area contributed by atoms with Gasteiger partial charge in [0.15, 0.2) is 0 Å². The molecule has 2 saturated carbocycles. The third-order valence-electron chi connectivity index (χ3n) is 6.59. The van der Waals surface area contributed by atoms with Crippen LogP contribution in [0.1, 0.15) is 71.6 Å². The molecule has 3 nitrogen and oxygen atoms in total. The lowest BCUT2D eigenvalue weighted by molar-refractivity contribution is -0.140. The summed E-state index contributed by atoms with van der Waals surface area (Å²) in [7, 11) is 0. The molecule has 3 rings (SSSR count). The molecule has 0 atom stereocenters. The van der Waals surface area contributed by atoms with E-state index in [2.05, 4.69) is 6.92 Å². The third kappa shape index (κ3) is 5.02. The van der Waals surface area contributed by atoms with Crippen LogP contribution in [-0.4, -0.2) is 12.6 Å². The molecular formula is C23H34O3. The lowest BCUT2D eigenvalue weighted by Crippen LogP contribution is -2.30. The van der Waals surface area contributed by atoms with Gasteiger partial charge in [-0.05, 0) is 87.5 Å². The second-order valence-corrected chi connectivity index (χ2v) is 8.13. The Balaban J connectivity index is 1.43. The van der Waals surface area contributed by atoms with E-state index in [-0.39, 0.29) is 11.9 Å². The number of carbonyl (C=O) groups is 1. The number of benzene rings is 1. The van der Waals surface area contributed by atoms with Crippen LogP contribution in [0.25, 0.3) is 0 Å². The second-order valence-electron chi connectivity index (χ2n) is 8.13. The smallest absolute Gasteiger partial charge is 0.314 e. The van der Waals surface area contributed by atoms with E-state index in [1.165, 1.54) is 44.9 Å². The summed E-state index contributed by atoms with van der Waals surface area (Å²) in [6.07, 6.45) is 11.4. The molecule has 0 spiro atoms. The Morgan fingerprint density at radius 2 is 1.38 bits per heavy atom. The molecule has 1 aromatic rings. The van der Waals surface area contributed by atoms with Crippen LogP contribution in [0, 0.1) is 23.7 Å². The van der Waals surface area contributed by atoms with Gasteiger partial charge in [0.05, 0.1) is 12.5 Å². The van der Waals surface area contributed by atoms with E-state index >= 15 is 0 Å². The first-order valence-electron chi connectivity index (χ1n) is 10.6. The fourth-order valence-corrected chi connectivity index (χ4v) is 4.86. The van der Waals surface area contributed by atoms with Crippen molar-refractivity contribution in [1.82, 2.24) is 0 Å². The van der Waals surface area contributed by atoms with Crippen molar-refractivity contribution in [1.29, 1.82) is 0 Å². The van der Waals surface area contributed by atoms with Crippen LogP contribution >= 0.6 is 0 Å². The molecule has 0 aliphatic heterocycles. The average molecular weight is 359 g/mol. The topological polar surface area (TPSA) is 35.5 Å². The maximum absolute atomic E-state index is 12.5. The van der Waals surface area contributed by atoms with Crippen LogP contribution in [0.15, 0.2) is 24.3 Å². The monoisotopic (exact) mass is 358 g/mol. The lowest BCUT2D eigenvalue weighted by atomic mass is 9.69. The van der Waals surface area contributed by atoms with Gasteiger partial charge < -0.3 is 9.47 Å². The Hall–Kier alpha value is -1.51. The molecule has 2 aliphatic carbocycles. The maximum atomic E-state index is 12.5. The molecule has 0 radical (unpaired) electrons. The molecule has 2 fully saturated rings. The van der Waals surface area contributed by atoms with Gasteiger partial charge in [0.1, 0.15) is 11.5 Å². The predicted molar refractivity (Wildman–Crippen MR) is 104 cm³/mol. The van der Waals surface area contributed by atoms with Gasteiger partial charge in [-0.3, -0.25) is 4.79 Å². The Bertz CT molecular complexity index is 549. The zero-order valence-corrected chi connectivity index (χ0v) is 16.4. The first kappa shape index (κ1) is 19.3. The largest absolute Gasteiger partial charge is 0.494 e. The van der Waals surface area contributed by atoms with Crippen molar-refractivity contribution >= 4 is 5.97 Å². The van der Waals surface area contributed by atoms with E-state index in [4.69, 9.17) is 9.47 Å². The van der Waals surface area contributed by atoms with E-state index in [0.29, 0.717) is 12.4 Å².